The van der Waals surface area contributed by atoms with Crippen molar-refractivity contribution in [3.05, 3.63) is 46.0 Å². The van der Waals surface area contributed by atoms with Crippen molar-refractivity contribution in [1.82, 2.24) is 4.98 Å². The minimum Gasteiger partial charge on any atom is -0.497 e. The first kappa shape index (κ1) is 18.7. The second-order valence-electron chi connectivity index (χ2n) is 7.44. The van der Waals surface area contributed by atoms with Crippen molar-refractivity contribution in [3.63, 3.8) is 0 Å². The second-order valence-corrected chi connectivity index (χ2v) is 8.44. The van der Waals surface area contributed by atoms with Gasteiger partial charge in [-0.05, 0) is 67.5 Å². The Balaban J connectivity index is 1.65. The molecule has 146 valence electrons. The molecule has 0 aliphatic heterocycles. The highest BCUT2D eigenvalue weighted by Crippen LogP contribution is 2.37. The number of benzene rings is 1. The zero-order valence-electron chi connectivity index (χ0n) is 16.5. The van der Waals surface area contributed by atoms with Gasteiger partial charge < -0.3 is 15.8 Å². The number of ether oxygens (including phenoxy) is 1. The molecule has 3 aromatic rings. The van der Waals surface area contributed by atoms with E-state index in [1.807, 2.05) is 25.1 Å². The Morgan fingerprint density at radius 3 is 2.93 bits per heavy atom. The summed E-state index contributed by atoms with van der Waals surface area (Å²) in [5.41, 5.74) is 11.0. The van der Waals surface area contributed by atoms with Gasteiger partial charge in [0.2, 0.25) is 0 Å². The zero-order chi connectivity index (χ0) is 19.8. The lowest BCUT2D eigenvalue weighted by atomic mass is 9.85. The van der Waals surface area contributed by atoms with Gasteiger partial charge in [-0.15, -0.1) is 11.3 Å². The van der Waals surface area contributed by atoms with Crippen LogP contribution in [0.25, 0.3) is 10.2 Å². The van der Waals surface area contributed by atoms with E-state index in [0.717, 1.165) is 45.8 Å². The number of rotatable bonds is 4. The number of aryl methyl sites for hydroxylation is 2. The number of methoxy groups -OCH3 is 1. The summed E-state index contributed by atoms with van der Waals surface area (Å²) in [6, 6.07) is 7.72. The molecule has 2 aromatic heterocycles. The molecule has 0 unspecified atom stereocenters. The summed E-state index contributed by atoms with van der Waals surface area (Å²) in [4.78, 5) is 19.1. The van der Waals surface area contributed by atoms with E-state index >= 15 is 0 Å². The molecule has 4 rings (SSSR count). The number of nitrogens with zero attached hydrogens (tertiary/aromatic N) is 1. The van der Waals surface area contributed by atoms with Gasteiger partial charge in [0.05, 0.1) is 12.8 Å². The highest BCUT2D eigenvalue weighted by Gasteiger charge is 2.23. The smallest absolute Gasteiger partial charge is 0.267 e. The van der Waals surface area contributed by atoms with Crippen LogP contribution in [0.3, 0.4) is 0 Å². The van der Waals surface area contributed by atoms with E-state index in [2.05, 4.69) is 18.3 Å². The number of nitrogens with one attached hydrogen (secondary N) is 1. The van der Waals surface area contributed by atoms with Crippen LogP contribution < -0.4 is 15.8 Å². The van der Waals surface area contributed by atoms with Crippen LogP contribution in [0, 0.1) is 12.8 Å². The molecule has 6 heteroatoms. The molecule has 1 amide bonds. The number of nitrogens with two attached hydrogens (primary N) is 1. The molecule has 1 atom stereocenters. The van der Waals surface area contributed by atoms with Crippen LogP contribution in [0.1, 0.15) is 46.3 Å². The SMILES string of the molecule is CC[C@H]1CCc2nc3sc(C(=O)Nc4ccc(OC)cc4C)c(N)c3cc2C1. The topological polar surface area (TPSA) is 77.2 Å². The molecule has 28 heavy (non-hydrogen) atoms. The molecule has 2 heterocycles. The molecule has 0 saturated heterocycles. The molecule has 0 radical (unpaired) electrons. The Morgan fingerprint density at radius 1 is 1.39 bits per heavy atom. The number of amides is 1. The summed E-state index contributed by atoms with van der Waals surface area (Å²) in [5, 5.41) is 3.87. The Labute approximate surface area is 168 Å². The molecule has 3 N–H and O–H groups in total. The van der Waals surface area contributed by atoms with Crippen LogP contribution >= 0.6 is 11.3 Å². The monoisotopic (exact) mass is 395 g/mol. The molecule has 0 spiro atoms. The average Bonchev–Trinajstić information content (AvgIpc) is 3.03. The number of carbonyl (C=O) groups excluding carboxylic acids is 1. The molecular weight excluding hydrogens is 370 g/mol. The van der Waals surface area contributed by atoms with Gasteiger partial charge in [-0.1, -0.05) is 13.3 Å². The quantitative estimate of drug-likeness (QED) is 0.654. The van der Waals surface area contributed by atoms with Crippen molar-refractivity contribution >= 4 is 38.8 Å². The van der Waals surface area contributed by atoms with Crippen LogP contribution in [-0.2, 0) is 12.8 Å². The first-order valence-electron chi connectivity index (χ1n) is 9.66. The van der Waals surface area contributed by atoms with Crippen molar-refractivity contribution in [3.8, 4) is 5.75 Å². The van der Waals surface area contributed by atoms with E-state index in [9.17, 15) is 4.79 Å². The third-order valence-corrected chi connectivity index (χ3v) is 6.77. The number of hydrogen-bond acceptors (Lipinski definition) is 5. The normalized spacial score (nSPS) is 16.0. The first-order valence-corrected chi connectivity index (χ1v) is 10.5. The minimum absolute atomic E-state index is 0.196. The first-order chi connectivity index (χ1) is 13.5. The highest BCUT2D eigenvalue weighted by molar-refractivity contribution is 7.21. The number of anilines is 2. The van der Waals surface area contributed by atoms with Crippen LogP contribution in [0.2, 0.25) is 0 Å². The number of thiophene rings is 1. The Kier molecular flexibility index (Phi) is 4.98. The third kappa shape index (κ3) is 3.33. The average molecular weight is 396 g/mol. The molecule has 0 bridgehead atoms. The van der Waals surface area contributed by atoms with Crippen molar-refractivity contribution in [2.75, 3.05) is 18.2 Å². The molecule has 0 fully saturated rings. The van der Waals surface area contributed by atoms with Gasteiger partial charge in [-0.3, -0.25) is 4.79 Å². The predicted octanol–water partition coefficient (Wildman–Crippen LogP) is 4.96. The maximum Gasteiger partial charge on any atom is 0.267 e. The number of pyridine rings is 1. The lowest BCUT2D eigenvalue weighted by Crippen LogP contribution is -2.14. The number of carbonyl (C=O) groups is 1. The molecule has 1 aromatic carbocycles. The molecule has 5 nitrogen and oxygen atoms in total. The maximum atomic E-state index is 12.9. The fourth-order valence-corrected chi connectivity index (χ4v) is 4.86. The zero-order valence-corrected chi connectivity index (χ0v) is 17.3. The summed E-state index contributed by atoms with van der Waals surface area (Å²) in [7, 11) is 1.63. The Bertz CT molecular complexity index is 1060. The maximum absolute atomic E-state index is 12.9. The number of aromatic nitrogens is 1. The molecule has 1 aliphatic carbocycles. The Hall–Kier alpha value is -2.60. The van der Waals surface area contributed by atoms with E-state index < -0.39 is 0 Å². The van der Waals surface area contributed by atoms with Gasteiger partial charge >= 0.3 is 0 Å². The lowest BCUT2D eigenvalue weighted by molar-refractivity contribution is 0.103. The van der Waals surface area contributed by atoms with Crippen LogP contribution in [0.4, 0.5) is 11.4 Å². The van der Waals surface area contributed by atoms with E-state index in [4.69, 9.17) is 15.5 Å². The predicted molar refractivity (Wildman–Crippen MR) is 116 cm³/mol. The second kappa shape index (κ2) is 7.43. The van der Waals surface area contributed by atoms with E-state index in [1.165, 1.54) is 29.7 Å². The molecular formula is C22H25N3O2S. The van der Waals surface area contributed by atoms with Gasteiger partial charge in [0.15, 0.2) is 0 Å². The van der Waals surface area contributed by atoms with Crippen LogP contribution in [0.15, 0.2) is 24.3 Å². The lowest BCUT2D eigenvalue weighted by Gasteiger charge is -2.22. The van der Waals surface area contributed by atoms with Gasteiger partial charge in [0.1, 0.15) is 15.5 Å². The highest BCUT2D eigenvalue weighted by atomic mass is 32.1. The van der Waals surface area contributed by atoms with Gasteiger partial charge in [0, 0.05) is 16.8 Å². The van der Waals surface area contributed by atoms with Gasteiger partial charge in [0.25, 0.3) is 5.91 Å². The fraction of sp³-hybridized carbons (Fsp3) is 0.364. The summed E-state index contributed by atoms with van der Waals surface area (Å²) in [6.07, 6.45) is 4.43. The summed E-state index contributed by atoms with van der Waals surface area (Å²) in [6.45, 7) is 4.18. The molecule has 0 saturated carbocycles. The van der Waals surface area contributed by atoms with Crippen LogP contribution in [0.5, 0.6) is 5.75 Å². The van der Waals surface area contributed by atoms with Crippen molar-refractivity contribution in [2.24, 2.45) is 5.92 Å². The standard InChI is InChI=1S/C22H25N3O2S/c1-4-13-5-7-18-14(10-13)11-16-19(23)20(28-22(16)25-18)21(26)24-17-8-6-15(27-3)9-12(17)2/h6,8-9,11,13H,4-5,7,10,23H2,1-3H3,(H,24,26)/t13-/m0/s1. The third-order valence-electron chi connectivity index (χ3n) is 5.65. The van der Waals surface area contributed by atoms with E-state index in [1.54, 1.807) is 7.11 Å². The van der Waals surface area contributed by atoms with Crippen molar-refractivity contribution < 1.29 is 9.53 Å². The van der Waals surface area contributed by atoms with Crippen LogP contribution in [-0.4, -0.2) is 18.0 Å². The number of hydrogen-bond donors (Lipinski definition) is 2. The minimum atomic E-state index is -0.196. The van der Waals surface area contributed by atoms with E-state index in [0.29, 0.717) is 16.5 Å². The van der Waals surface area contributed by atoms with Gasteiger partial charge in [-0.25, -0.2) is 4.98 Å². The van der Waals surface area contributed by atoms with E-state index in [-0.39, 0.29) is 5.91 Å². The van der Waals surface area contributed by atoms with Crippen molar-refractivity contribution in [1.29, 1.82) is 0 Å². The number of fused-ring (bicyclic) bond motifs is 2. The summed E-state index contributed by atoms with van der Waals surface area (Å²) < 4.78 is 5.22. The number of nitrogen functional groups attached to an aromatic ring is 1. The molecule has 1 aliphatic rings. The largest absolute Gasteiger partial charge is 0.497 e. The fourth-order valence-electron chi connectivity index (χ4n) is 3.87. The van der Waals surface area contributed by atoms with Gasteiger partial charge in [-0.2, -0.15) is 0 Å². The Morgan fingerprint density at radius 2 is 2.21 bits per heavy atom. The summed E-state index contributed by atoms with van der Waals surface area (Å²) >= 11 is 1.37. The van der Waals surface area contributed by atoms with Crippen molar-refractivity contribution in [2.45, 2.75) is 39.5 Å². The summed E-state index contributed by atoms with van der Waals surface area (Å²) in [5.74, 6) is 1.28.